The lowest BCUT2D eigenvalue weighted by Crippen LogP contribution is -2.32. The van der Waals surface area contributed by atoms with Crippen LogP contribution in [-0.2, 0) is 17.9 Å². The number of carbonyl (C=O) groups is 1. The van der Waals surface area contributed by atoms with Crippen LogP contribution in [0.4, 0.5) is 8.78 Å². The molecule has 2 heterocycles. The summed E-state index contributed by atoms with van der Waals surface area (Å²) in [5.41, 5.74) is 1.82. The van der Waals surface area contributed by atoms with Gasteiger partial charge in [-0.1, -0.05) is 18.2 Å². The van der Waals surface area contributed by atoms with Crippen molar-refractivity contribution in [3.8, 4) is 5.75 Å². The second-order valence-electron chi connectivity index (χ2n) is 7.38. The molecule has 0 bridgehead atoms. The Morgan fingerprint density at radius 1 is 0.963 bits per heavy atom. The Morgan fingerprint density at radius 3 is 2.37 bits per heavy atom. The highest BCUT2D eigenvalue weighted by molar-refractivity contribution is 5.82. The molecule has 2 saturated heterocycles. The van der Waals surface area contributed by atoms with Gasteiger partial charge in [-0.2, -0.15) is 0 Å². The average Bonchev–Trinajstić information content (AvgIpc) is 3.18. The first kappa shape index (κ1) is 17.9. The van der Waals surface area contributed by atoms with Gasteiger partial charge in [-0.15, -0.1) is 0 Å². The Bertz CT molecular complexity index is 841. The van der Waals surface area contributed by atoms with Gasteiger partial charge in [0.25, 0.3) is 0 Å². The Labute approximate surface area is 157 Å². The molecule has 4 nitrogen and oxygen atoms in total. The van der Waals surface area contributed by atoms with E-state index in [4.69, 9.17) is 4.74 Å². The lowest BCUT2D eigenvalue weighted by molar-refractivity contribution is -0.131. The van der Waals surface area contributed by atoms with Crippen LogP contribution in [-0.4, -0.2) is 42.5 Å². The summed E-state index contributed by atoms with van der Waals surface area (Å²) in [7, 11) is 1.63. The van der Waals surface area contributed by atoms with Crippen LogP contribution in [0.1, 0.15) is 11.1 Å². The molecule has 2 aromatic rings. The van der Waals surface area contributed by atoms with Crippen LogP contribution in [0.2, 0.25) is 0 Å². The normalized spacial score (nSPS) is 22.3. The van der Waals surface area contributed by atoms with E-state index in [1.54, 1.807) is 13.2 Å². The molecule has 0 unspecified atom stereocenters. The molecule has 2 aliphatic rings. The number of hydrogen-bond donors (Lipinski definition) is 0. The summed E-state index contributed by atoms with van der Waals surface area (Å²) in [6.07, 6.45) is 0. The van der Waals surface area contributed by atoms with E-state index in [1.807, 2.05) is 29.2 Å². The first-order valence-electron chi connectivity index (χ1n) is 9.11. The fraction of sp³-hybridized carbons (Fsp3) is 0.381. The minimum absolute atomic E-state index is 0.00598. The zero-order valence-corrected chi connectivity index (χ0v) is 15.2. The Balaban J connectivity index is 1.35. The standard InChI is InChI=1S/C21H22F2N2O2/c1-27-17-5-2-14(3-6-17)10-25-12-16-11-24(13-18(16)21(25)26)9-15-4-7-19(22)20(23)8-15/h2-8,16,18H,9-13H2,1H3/t16-,18-/m0/s1. The van der Waals surface area contributed by atoms with E-state index in [1.165, 1.54) is 6.07 Å². The number of nitrogens with zero attached hydrogens (tertiary/aromatic N) is 2. The topological polar surface area (TPSA) is 32.8 Å². The third-order valence-electron chi connectivity index (χ3n) is 5.52. The van der Waals surface area contributed by atoms with Gasteiger partial charge in [-0.05, 0) is 35.4 Å². The van der Waals surface area contributed by atoms with Crippen LogP contribution in [0, 0.1) is 23.5 Å². The highest BCUT2D eigenvalue weighted by Gasteiger charge is 2.45. The summed E-state index contributed by atoms with van der Waals surface area (Å²) in [6, 6.07) is 11.8. The Morgan fingerprint density at radius 2 is 1.70 bits per heavy atom. The number of amides is 1. The number of likely N-dealkylation sites (tertiary alicyclic amines) is 2. The molecule has 4 rings (SSSR count). The largest absolute Gasteiger partial charge is 0.497 e. The molecule has 6 heteroatoms. The number of benzene rings is 2. The van der Waals surface area contributed by atoms with Crippen molar-refractivity contribution < 1.29 is 18.3 Å². The maximum atomic E-state index is 13.4. The third-order valence-corrected chi connectivity index (χ3v) is 5.52. The van der Waals surface area contributed by atoms with E-state index < -0.39 is 11.6 Å². The van der Waals surface area contributed by atoms with Crippen molar-refractivity contribution in [2.75, 3.05) is 26.7 Å². The van der Waals surface area contributed by atoms with Crippen LogP contribution in [0.5, 0.6) is 5.75 Å². The third kappa shape index (κ3) is 3.67. The van der Waals surface area contributed by atoms with Gasteiger partial charge in [0, 0.05) is 38.6 Å². The summed E-state index contributed by atoms with van der Waals surface area (Å²) in [5, 5.41) is 0. The van der Waals surface area contributed by atoms with Gasteiger partial charge in [0.2, 0.25) is 5.91 Å². The Hall–Kier alpha value is -2.47. The molecule has 2 aliphatic heterocycles. The zero-order valence-electron chi connectivity index (χ0n) is 15.2. The van der Waals surface area contributed by atoms with Gasteiger partial charge in [0.15, 0.2) is 11.6 Å². The van der Waals surface area contributed by atoms with Crippen molar-refractivity contribution in [1.29, 1.82) is 0 Å². The highest BCUT2D eigenvalue weighted by Crippen LogP contribution is 2.34. The summed E-state index contributed by atoms with van der Waals surface area (Å²) >= 11 is 0. The van der Waals surface area contributed by atoms with E-state index in [-0.39, 0.29) is 11.8 Å². The predicted octanol–water partition coefficient (Wildman–Crippen LogP) is 3.06. The van der Waals surface area contributed by atoms with Gasteiger partial charge >= 0.3 is 0 Å². The molecule has 1 amide bonds. The second kappa shape index (κ2) is 7.27. The zero-order chi connectivity index (χ0) is 19.0. The van der Waals surface area contributed by atoms with Gasteiger partial charge in [0.1, 0.15) is 5.75 Å². The van der Waals surface area contributed by atoms with Crippen molar-refractivity contribution in [1.82, 2.24) is 9.80 Å². The van der Waals surface area contributed by atoms with Crippen LogP contribution in [0.25, 0.3) is 0 Å². The lowest BCUT2D eigenvalue weighted by Gasteiger charge is -2.22. The molecule has 0 aromatic heterocycles. The van der Waals surface area contributed by atoms with Crippen LogP contribution < -0.4 is 4.74 Å². The molecule has 0 aliphatic carbocycles. The molecule has 0 N–H and O–H groups in total. The monoisotopic (exact) mass is 372 g/mol. The molecule has 27 heavy (non-hydrogen) atoms. The maximum Gasteiger partial charge on any atom is 0.227 e. The number of ether oxygens (including phenoxy) is 1. The predicted molar refractivity (Wildman–Crippen MR) is 97.0 cm³/mol. The average molecular weight is 372 g/mol. The van der Waals surface area contributed by atoms with E-state index in [0.29, 0.717) is 25.6 Å². The van der Waals surface area contributed by atoms with Gasteiger partial charge in [-0.3, -0.25) is 9.69 Å². The molecule has 0 spiro atoms. The fourth-order valence-corrected chi connectivity index (χ4v) is 4.15. The summed E-state index contributed by atoms with van der Waals surface area (Å²) < 4.78 is 31.6. The number of halogens is 2. The number of rotatable bonds is 5. The van der Waals surface area contributed by atoms with E-state index in [0.717, 1.165) is 36.0 Å². The van der Waals surface area contributed by atoms with Crippen molar-refractivity contribution in [3.63, 3.8) is 0 Å². The Kier molecular flexibility index (Phi) is 4.83. The smallest absolute Gasteiger partial charge is 0.227 e. The van der Waals surface area contributed by atoms with Gasteiger partial charge < -0.3 is 9.64 Å². The summed E-state index contributed by atoms with van der Waals surface area (Å²) in [4.78, 5) is 16.9. The van der Waals surface area contributed by atoms with Gasteiger partial charge in [-0.25, -0.2) is 8.78 Å². The van der Waals surface area contributed by atoms with E-state index in [9.17, 15) is 13.6 Å². The van der Waals surface area contributed by atoms with Crippen LogP contribution in [0.15, 0.2) is 42.5 Å². The first-order valence-corrected chi connectivity index (χ1v) is 9.11. The molecule has 2 atom stereocenters. The molecule has 0 saturated carbocycles. The van der Waals surface area contributed by atoms with Crippen molar-refractivity contribution >= 4 is 5.91 Å². The van der Waals surface area contributed by atoms with Crippen LogP contribution >= 0.6 is 0 Å². The van der Waals surface area contributed by atoms with E-state index >= 15 is 0 Å². The molecule has 2 fully saturated rings. The van der Waals surface area contributed by atoms with Crippen molar-refractivity contribution in [2.45, 2.75) is 13.1 Å². The van der Waals surface area contributed by atoms with Crippen molar-refractivity contribution in [2.24, 2.45) is 11.8 Å². The second-order valence-corrected chi connectivity index (χ2v) is 7.38. The molecule has 142 valence electrons. The first-order chi connectivity index (χ1) is 13.0. The molecular formula is C21H22F2N2O2. The van der Waals surface area contributed by atoms with Crippen LogP contribution in [0.3, 0.4) is 0 Å². The lowest BCUT2D eigenvalue weighted by atomic mass is 10.0. The fourth-order valence-electron chi connectivity index (χ4n) is 4.15. The summed E-state index contributed by atoms with van der Waals surface area (Å²) in [5.74, 6) is -0.385. The molecule has 0 radical (unpaired) electrons. The van der Waals surface area contributed by atoms with Crippen molar-refractivity contribution in [3.05, 3.63) is 65.2 Å². The highest BCUT2D eigenvalue weighted by atomic mass is 19.2. The maximum absolute atomic E-state index is 13.4. The number of hydrogen-bond acceptors (Lipinski definition) is 3. The minimum atomic E-state index is -0.832. The number of methoxy groups -OCH3 is 1. The minimum Gasteiger partial charge on any atom is -0.497 e. The molecular weight excluding hydrogens is 350 g/mol. The summed E-state index contributed by atoms with van der Waals surface area (Å²) in [6.45, 7) is 3.36. The number of carbonyl (C=O) groups excluding carboxylic acids is 1. The number of fused-ring (bicyclic) bond motifs is 1. The van der Waals surface area contributed by atoms with E-state index in [2.05, 4.69) is 4.90 Å². The van der Waals surface area contributed by atoms with Gasteiger partial charge in [0.05, 0.1) is 13.0 Å². The SMILES string of the molecule is COc1ccc(CN2C[C@@H]3CN(Cc4ccc(F)c(F)c4)C[C@@H]3C2=O)cc1. The quantitative estimate of drug-likeness (QED) is 0.809. The molecule has 2 aromatic carbocycles.